The third-order valence-electron chi connectivity index (χ3n) is 1.18. The fraction of sp³-hybridized carbons (Fsp3) is 0.500. The first-order valence-electron chi connectivity index (χ1n) is 2.92. The summed E-state index contributed by atoms with van der Waals surface area (Å²) in [4.78, 5) is 6.10. The number of allylic oxidation sites excluding steroid dienone is 1. The molecule has 0 aromatic carbocycles. The van der Waals surface area contributed by atoms with Crippen LogP contribution in [0.15, 0.2) is 16.9 Å². The number of nitrogens with one attached hydrogen (secondary N) is 1. The topological polar surface area (TPSA) is 27.6 Å². The maximum Gasteiger partial charge on any atom is 0.109 e. The number of nitrogens with zero attached hydrogens (tertiary/aromatic N) is 2. The molecule has 0 saturated carbocycles. The molecule has 1 heterocycles. The second-order valence-electron chi connectivity index (χ2n) is 2.04. The number of rotatable bonds is 1. The Hall–Kier alpha value is -0.990. The van der Waals surface area contributed by atoms with Crippen LogP contribution in [-0.4, -0.2) is 31.9 Å². The van der Waals surface area contributed by atoms with Crippen LogP contribution in [0.2, 0.25) is 0 Å². The van der Waals surface area contributed by atoms with Gasteiger partial charge in [0.1, 0.15) is 6.67 Å². The van der Waals surface area contributed by atoms with Gasteiger partial charge in [-0.2, -0.15) is 0 Å². The molecule has 0 atom stereocenters. The monoisotopic (exact) mass is 125 g/mol. The van der Waals surface area contributed by atoms with Crippen molar-refractivity contribution in [2.24, 2.45) is 4.99 Å². The average Bonchev–Trinajstić information content (AvgIpc) is 1.88. The van der Waals surface area contributed by atoms with Gasteiger partial charge in [0.2, 0.25) is 0 Å². The molecule has 0 aromatic rings. The zero-order chi connectivity index (χ0) is 6.69. The van der Waals surface area contributed by atoms with E-state index in [1.807, 2.05) is 31.4 Å². The molecule has 9 heavy (non-hydrogen) atoms. The van der Waals surface area contributed by atoms with E-state index in [1.165, 1.54) is 0 Å². The van der Waals surface area contributed by atoms with E-state index in [4.69, 9.17) is 0 Å². The molecule has 0 fully saturated rings. The Morgan fingerprint density at radius 2 is 2.56 bits per heavy atom. The van der Waals surface area contributed by atoms with Gasteiger partial charge in [0.15, 0.2) is 0 Å². The standard InChI is InChI=1S/C6H11N3/c1-7-6-3-8-5-9(2)4-6/h3-4,7H,5H2,1-2H3. The number of hydrogen-bond acceptors (Lipinski definition) is 3. The highest BCUT2D eigenvalue weighted by Crippen LogP contribution is 1.95. The van der Waals surface area contributed by atoms with Crippen LogP contribution in [0, 0.1) is 0 Å². The summed E-state index contributed by atoms with van der Waals surface area (Å²) in [6, 6.07) is 0. The van der Waals surface area contributed by atoms with Crippen molar-refractivity contribution in [1.82, 2.24) is 10.2 Å². The average molecular weight is 125 g/mol. The van der Waals surface area contributed by atoms with Gasteiger partial charge in [-0.1, -0.05) is 0 Å². The van der Waals surface area contributed by atoms with E-state index in [0.29, 0.717) is 0 Å². The summed E-state index contributed by atoms with van der Waals surface area (Å²) >= 11 is 0. The minimum absolute atomic E-state index is 0.769. The van der Waals surface area contributed by atoms with Gasteiger partial charge in [-0.05, 0) is 0 Å². The minimum Gasteiger partial charge on any atom is -0.386 e. The molecule has 0 saturated heterocycles. The zero-order valence-electron chi connectivity index (χ0n) is 5.76. The predicted molar refractivity (Wildman–Crippen MR) is 38.3 cm³/mol. The van der Waals surface area contributed by atoms with Gasteiger partial charge in [-0.3, -0.25) is 4.99 Å². The molecule has 0 aromatic heterocycles. The molecule has 1 aliphatic heterocycles. The largest absolute Gasteiger partial charge is 0.386 e. The Morgan fingerprint density at radius 1 is 1.78 bits per heavy atom. The molecule has 0 spiro atoms. The van der Waals surface area contributed by atoms with Crippen molar-refractivity contribution in [3.63, 3.8) is 0 Å². The molecular weight excluding hydrogens is 114 g/mol. The van der Waals surface area contributed by atoms with Gasteiger partial charge < -0.3 is 10.2 Å². The maximum absolute atomic E-state index is 4.08. The summed E-state index contributed by atoms with van der Waals surface area (Å²) in [7, 11) is 3.88. The van der Waals surface area contributed by atoms with Crippen molar-refractivity contribution in [3.05, 3.63) is 11.9 Å². The van der Waals surface area contributed by atoms with Gasteiger partial charge in [0, 0.05) is 26.5 Å². The summed E-state index contributed by atoms with van der Waals surface area (Å²) in [5.41, 5.74) is 1.06. The molecule has 3 nitrogen and oxygen atoms in total. The fourth-order valence-corrected chi connectivity index (χ4v) is 0.709. The summed E-state index contributed by atoms with van der Waals surface area (Å²) in [5, 5.41) is 3.00. The quantitative estimate of drug-likeness (QED) is 0.535. The van der Waals surface area contributed by atoms with E-state index < -0.39 is 0 Å². The Morgan fingerprint density at radius 3 is 3.00 bits per heavy atom. The molecule has 0 unspecified atom stereocenters. The second kappa shape index (κ2) is 2.53. The zero-order valence-corrected chi connectivity index (χ0v) is 5.76. The van der Waals surface area contributed by atoms with E-state index in [-0.39, 0.29) is 0 Å². The third-order valence-corrected chi connectivity index (χ3v) is 1.18. The van der Waals surface area contributed by atoms with Crippen LogP contribution in [0.1, 0.15) is 0 Å². The van der Waals surface area contributed by atoms with Gasteiger partial charge in [0.25, 0.3) is 0 Å². The lowest BCUT2D eigenvalue weighted by Crippen LogP contribution is -2.20. The van der Waals surface area contributed by atoms with Gasteiger partial charge in [0.05, 0.1) is 5.70 Å². The number of aliphatic imine (C=N–C) groups is 1. The molecule has 3 heteroatoms. The molecule has 1 N–H and O–H groups in total. The third kappa shape index (κ3) is 1.45. The smallest absolute Gasteiger partial charge is 0.109 e. The van der Waals surface area contributed by atoms with Gasteiger partial charge in [-0.15, -0.1) is 0 Å². The molecule has 0 radical (unpaired) electrons. The highest BCUT2D eigenvalue weighted by atomic mass is 15.2. The summed E-state index contributed by atoms with van der Waals surface area (Å²) < 4.78 is 0. The van der Waals surface area contributed by atoms with E-state index in [0.717, 1.165) is 12.4 Å². The van der Waals surface area contributed by atoms with Crippen LogP contribution in [-0.2, 0) is 0 Å². The Kier molecular flexibility index (Phi) is 1.72. The van der Waals surface area contributed by atoms with Crippen molar-refractivity contribution < 1.29 is 0 Å². The highest BCUT2D eigenvalue weighted by molar-refractivity contribution is 5.78. The van der Waals surface area contributed by atoms with Gasteiger partial charge in [-0.25, -0.2) is 0 Å². The van der Waals surface area contributed by atoms with Crippen LogP contribution in [0.3, 0.4) is 0 Å². The van der Waals surface area contributed by atoms with Crippen molar-refractivity contribution >= 4 is 6.21 Å². The fourth-order valence-electron chi connectivity index (χ4n) is 0.709. The van der Waals surface area contributed by atoms with E-state index in [9.17, 15) is 0 Å². The first kappa shape index (κ1) is 6.13. The lowest BCUT2D eigenvalue weighted by atomic mass is 10.4. The van der Waals surface area contributed by atoms with Crippen LogP contribution in [0.4, 0.5) is 0 Å². The Balaban J connectivity index is 2.59. The van der Waals surface area contributed by atoms with E-state index >= 15 is 0 Å². The van der Waals surface area contributed by atoms with Crippen molar-refractivity contribution in [1.29, 1.82) is 0 Å². The van der Waals surface area contributed by atoms with Crippen LogP contribution < -0.4 is 5.32 Å². The van der Waals surface area contributed by atoms with Gasteiger partial charge >= 0.3 is 0 Å². The number of hydrogen-bond donors (Lipinski definition) is 1. The highest BCUT2D eigenvalue weighted by Gasteiger charge is 1.96. The van der Waals surface area contributed by atoms with Crippen LogP contribution in [0.5, 0.6) is 0 Å². The molecular formula is C6H11N3. The predicted octanol–water partition coefficient (Wildman–Crippen LogP) is 0.0209. The first-order chi connectivity index (χ1) is 4.33. The summed E-state index contributed by atoms with van der Waals surface area (Å²) in [6.45, 7) is 0.769. The SMILES string of the molecule is CNC1=CN(C)CN=C1. The normalized spacial score (nSPS) is 17.6. The van der Waals surface area contributed by atoms with E-state index in [2.05, 4.69) is 10.3 Å². The molecule has 0 bridgehead atoms. The van der Waals surface area contributed by atoms with Crippen LogP contribution >= 0.6 is 0 Å². The molecule has 50 valence electrons. The summed E-state index contributed by atoms with van der Waals surface area (Å²) in [5.74, 6) is 0. The van der Waals surface area contributed by atoms with Crippen LogP contribution in [0.25, 0.3) is 0 Å². The minimum atomic E-state index is 0.769. The molecule has 0 amide bonds. The summed E-state index contributed by atoms with van der Waals surface area (Å²) in [6.07, 6.45) is 3.85. The molecule has 0 aliphatic carbocycles. The van der Waals surface area contributed by atoms with Crippen molar-refractivity contribution in [3.8, 4) is 0 Å². The lowest BCUT2D eigenvalue weighted by molar-refractivity contribution is 0.463. The molecule has 1 aliphatic rings. The van der Waals surface area contributed by atoms with Crippen molar-refractivity contribution in [2.75, 3.05) is 20.8 Å². The van der Waals surface area contributed by atoms with E-state index in [1.54, 1.807) is 0 Å². The first-order valence-corrected chi connectivity index (χ1v) is 2.92. The maximum atomic E-state index is 4.08. The Labute approximate surface area is 55.1 Å². The second-order valence-corrected chi connectivity index (χ2v) is 2.04. The van der Waals surface area contributed by atoms with Crippen molar-refractivity contribution in [2.45, 2.75) is 0 Å². The lowest BCUT2D eigenvalue weighted by Gasteiger charge is -2.16. The molecule has 1 rings (SSSR count). The Bertz CT molecular complexity index is 148.